The lowest BCUT2D eigenvalue weighted by molar-refractivity contribution is -0.137. The Kier molecular flexibility index (Phi) is 14.0. The number of carbonyl (C=O) groups excluding carboxylic acids is 1. The van der Waals surface area contributed by atoms with E-state index in [0.29, 0.717) is 12.8 Å². The van der Waals surface area contributed by atoms with Crippen LogP contribution in [0.1, 0.15) is 84.0 Å². The second-order valence-electron chi connectivity index (χ2n) is 5.85. The molecule has 0 aliphatic carbocycles. The van der Waals surface area contributed by atoms with E-state index >= 15 is 0 Å². The monoisotopic (exact) mass is 312 g/mol. The van der Waals surface area contributed by atoms with Gasteiger partial charge < -0.3 is 10.2 Å². The molecule has 0 heterocycles. The van der Waals surface area contributed by atoms with Crippen LogP contribution in [-0.2, 0) is 9.59 Å². The average molecular weight is 312 g/mol. The summed E-state index contributed by atoms with van der Waals surface area (Å²) in [6.45, 7) is 2.10. The van der Waals surface area contributed by atoms with E-state index in [9.17, 15) is 14.7 Å². The maximum absolute atomic E-state index is 11.7. The minimum absolute atomic E-state index is 0.0824. The van der Waals surface area contributed by atoms with Crippen LogP contribution in [0, 0.1) is 0 Å². The van der Waals surface area contributed by atoms with E-state index in [1.807, 2.05) is 12.2 Å². The maximum Gasteiger partial charge on any atom is 0.303 e. The third kappa shape index (κ3) is 13.8. The molecule has 0 aromatic carbocycles. The lowest BCUT2D eigenvalue weighted by Gasteiger charge is -2.07. The van der Waals surface area contributed by atoms with Crippen LogP contribution in [0.5, 0.6) is 0 Å². The molecular weight excluding hydrogens is 280 g/mol. The van der Waals surface area contributed by atoms with Gasteiger partial charge in [0.05, 0.1) is 0 Å². The van der Waals surface area contributed by atoms with E-state index < -0.39 is 12.1 Å². The Morgan fingerprint density at radius 3 is 2.32 bits per heavy atom. The van der Waals surface area contributed by atoms with Gasteiger partial charge >= 0.3 is 5.97 Å². The lowest BCUT2D eigenvalue weighted by Crippen LogP contribution is -2.19. The van der Waals surface area contributed by atoms with Gasteiger partial charge in [-0.15, -0.1) is 0 Å². The van der Waals surface area contributed by atoms with E-state index in [0.717, 1.165) is 57.8 Å². The lowest BCUT2D eigenvalue weighted by atomic mass is 10.0. The summed E-state index contributed by atoms with van der Waals surface area (Å²) < 4.78 is 0. The number of carbonyl (C=O) groups is 2. The van der Waals surface area contributed by atoms with Gasteiger partial charge in [-0.1, -0.05) is 57.6 Å². The highest BCUT2D eigenvalue weighted by atomic mass is 16.4. The van der Waals surface area contributed by atoms with Crippen LogP contribution in [0.4, 0.5) is 0 Å². The number of allylic oxidation sites excluding steroid dienone is 2. The molecule has 2 N–H and O–H groups in total. The summed E-state index contributed by atoms with van der Waals surface area (Å²) in [6, 6.07) is 0. The van der Waals surface area contributed by atoms with Gasteiger partial charge in [0.2, 0.25) is 0 Å². The highest BCUT2D eigenvalue weighted by Crippen LogP contribution is 2.09. The molecule has 128 valence electrons. The van der Waals surface area contributed by atoms with Crippen molar-refractivity contribution in [1.29, 1.82) is 0 Å². The molecule has 0 fully saturated rings. The van der Waals surface area contributed by atoms with E-state index in [4.69, 9.17) is 5.11 Å². The van der Waals surface area contributed by atoms with Crippen molar-refractivity contribution in [2.24, 2.45) is 0 Å². The van der Waals surface area contributed by atoms with Crippen molar-refractivity contribution in [1.82, 2.24) is 0 Å². The van der Waals surface area contributed by atoms with E-state index in [2.05, 4.69) is 6.92 Å². The summed E-state index contributed by atoms with van der Waals surface area (Å²) in [5.74, 6) is -0.800. The molecule has 0 unspecified atom stereocenters. The normalized spacial score (nSPS) is 12.6. The Bertz CT molecular complexity index is 323. The van der Waals surface area contributed by atoms with Gasteiger partial charge in [-0.2, -0.15) is 0 Å². The Hall–Kier alpha value is -1.16. The highest BCUT2D eigenvalue weighted by molar-refractivity contribution is 5.84. The van der Waals surface area contributed by atoms with Crippen molar-refractivity contribution >= 4 is 11.8 Å². The van der Waals surface area contributed by atoms with E-state index in [1.54, 1.807) is 0 Å². The van der Waals surface area contributed by atoms with Crippen molar-refractivity contribution in [2.45, 2.75) is 90.1 Å². The number of aliphatic hydroxyl groups excluding tert-OH is 1. The Balaban J connectivity index is 3.45. The van der Waals surface area contributed by atoms with Crippen LogP contribution >= 0.6 is 0 Å². The zero-order chi connectivity index (χ0) is 16.6. The molecule has 0 radical (unpaired) electrons. The molecule has 0 amide bonds. The number of ketones is 1. The quantitative estimate of drug-likeness (QED) is 0.350. The fraction of sp³-hybridized carbons (Fsp3) is 0.778. The fourth-order valence-corrected chi connectivity index (χ4v) is 2.27. The van der Waals surface area contributed by atoms with Crippen LogP contribution < -0.4 is 0 Å². The zero-order valence-electron chi connectivity index (χ0n) is 13.9. The number of unbranched alkanes of at least 4 members (excludes halogenated alkanes) is 7. The summed E-state index contributed by atoms with van der Waals surface area (Å²) in [5.41, 5.74) is 0. The number of carboxylic acid groups (broad SMARTS) is 1. The van der Waals surface area contributed by atoms with Crippen molar-refractivity contribution in [3.8, 4) is 0 Å². The van der Waals surface area contributed by atoms with Gasteiger partial charge in [0.25, 0.3) is 0 Å². The number of hydrogen-bond donors (Lipinski definition) is 2. The molecule has 4 heteroatoms. The molecule has 22 heavy (non-hydrogen) atoms. The van der Waals surface area contributed by atoms with Crippen LogP contribution in [0.15, 0.2) is 12.2 Å². The number of hydrogen-bond acceptors (Lipinski definition) is 3. The third-order valence-electron chi connectivity index (χ3n) is 3.70. The summed E-state index contributed by atoms with van der Waals surface area (Å²) in [6.07, 6.45) is 13.2. The molecule has 0 spiro atoms. The minimum Gasteiger partial charge on any atom is -0.481 e. The van der Waals surface area contributed by atoms with Crippen molar-refractivity contribution < 1.29 is 19.8 Å². The molecule has 0 saturated carbocycles. The smallest absolute Gasteiger partial charge is 0.303 e. The predicted molar refractivity (Wildman–Crippen MR) is 88.9 cm³/mol. The standard InChI is InChI=1S/C18H32O4/c1-2-3-10-13-16(19)17(20)14-11-8-6-4-5-7-9-12-15-18(21)22/h8,11,16,19H,2-7,9-10,12-15H2,1H3,(H,21,22)/b11-8-/t16-/m0/s1. The van der Waals surface area contributed by atoms with Gasteiger partial charge in [0, 0.05) is 12.8 Å². The first-order valence-electron chi connectivity index (χ1n) is 8.65. The fourth-order valence-electron chi connectivity index (χ4n) is 2.27. The van der Waals surface area contributed by atoms with Gasteiger partial charge in [-0.05, 0) is 25.7 Å². The minimum atomic E-state index is -0.801. The molecule has 0 aromatic heterocycles. The molecule has 0 saturated heterocycles. The van der Waals surface area contributed by atoms with Crippen LogP contribution in [-0.4, -0.2) is 28.1 Å². The Morgan fingerprint density at radius 2 is 1.64 bits per heavy atom. The molecule has 0 bridgehead atoms. The predicted octanol–water partition coefficient (Wildman–Crippen LogP) is 4.26. The highest BCUT2D eigenvalue weighted by Gasteiger charge is 2.12. The molecule has 0 rings (SSSR count). The first-order chi connectivity index (χ1) is 10.6. The molecule has 0 aromatic rings. The topological polar surface area (TPSA) is 74.6 Å². The van der Waals surface area contributed by atoms with Crippen LogP contribution in [0.25, 0.3) is 0 Å². The first kappa shape index (κ1) is 20.8. The van der Waals surface area contributed by atoms with Crippen molar-refractivity contribution in [3.05, 3.63) is 12.2 Å². The van der Waals surface area contributed by atoms with Gasteiger partial charge in [0.1, 0.15) is 6.10 Å². The maximum atomic E-state index is 11.7. The number of aliphatic carboxylic acids is 1. The first-order valence-corrected chi connectivity index (χ1v) is 8.65. The SMILES string of the molecule is CCCCC[C@H](O)C(=O)C/C=C\CCCCCCCC(=O)O. The van der Waals surface area contributed by atoms with Crippen LogP contribution in [0.2, 0.25) is 0 Å². The molecule has 0 aliphatic heterocycles. The van der Waals surface area contributed by atoms with Crippen molar-refractivity contribution in [3.63, 3.8) is 0 Å². The van der Waals surface area contributed by atoms with Gasteiger partial charge in [-0.25, -0.2) is 0 Å². The molecule has 0 aliphatic rings. The summed E-state index contributed by atoms with van der Waals surface area (Å²) in [5, 5.41) is 18.2. The summed E-state index contributed by atoms with van der Waals surface area (Å²) in [7, 11) is 0. The third-order valence-corrected chi connectivity index (χ3v) is 3.70. The summed E-state index contributed by atoms with van der Waals surface area (Å²) >= 11 is 0. The zero-order valence-corrected chi connectivity index (χ0v) is 13.9. The average Bonchev–Trinajstić information content (AvgIpc) is 2.48. The summed E-state index contributed by atoms with van der Waals surface area (Å²) in [4.78, 5) is 22.0. The largest absolute Gasteiger partial charge is 0.481 e. The number of carboxylic acids is 1. The number of Topliss-reactive ketones (excluding diaryl/α,β-unsaturated/α-hetero) is 1. The van der Waals surface area contributed by atoms with Gasteiger partial charge in [0.15, 0.2) is 5.78 Å². The second-order valence-corrected chi connectivity index (χ2v) is 5.85. The molecule has 1 atom stereocenters. The van der Waals surface area contributed by atoms with Crippen molar-refractivity contribution in [2.75, 3.05) is 0 Å². The Labute approximate surface area is 134 Å². The Morgan fingerprint density at radius 1 is 0.955 bits per heavy atom. The van der Waals surface area contributed by atoms with E-state index in [1.165, 1.54) is 0 Å². The second kappa shape index (κ2) is 14.8. The number of rotatable bonds is 15. The van der Waals surface area contributed by atoms with Gasteiger partial charge in [-0.3, -0.25) is 9.59 Å². The number of aliphatic hydroxyl groups is 1. The molecular formula is C18H32O4. The van der Waals surface area contributed by atoms with Crippen LogP contribution in [0.3, 0.4) is 0 Å². The molecule has 4 nitrogen and oxygen atoms in total. The van der Waals surface area contributed by atoms with E-state index in [-0.39, 0.29) is 12.2 Å².